The summed E-state index contributed by atoms with van der Waals surface area (Å²) < 4.78 is 1.20. The monoisotopic (exact) mass is 363 g/mol. The van der Waals surface area contributed by atoms with Crippen molar-refractivity contribution < 1.29 is 9.69 Å². The summed E-state index contributed by atoms with van der Waals surface area (Å²) in [5, 5.41) is 13.0. The van der Waals surface area contributed by atoms with Crippen LogP contribution in [0.25, 0.3) is 10.2 Å². The lowest BCUT2D eigenvalue weighted by molar-refractivity contribution is -0.910. The summed E-state index contributed by atoms with van der Waals surface area (Å²) in [5.41, 5.74) is 2.25. The van der Waals surface area contributed by atoms with Crippen LogP contribution in [0.3, 0.4) is 0 Å². The quantitative estimate of drug-likeness (QED) is 0.748. The second kappa shape index (κ2) is 7.24. The van der Waals surface area contributed by atoms with Gasteiger partial charge in [-0.15, -0.1) is 11.3 Å². The minimum absolute atomic E-state index is 0.0249. The first-order valence-electron chi connectivity index (χ1n) is 8.73. The van der Waals surface area contributed by atoms with Gasteiger partial charge in [-0.25, -0.2) is 4.98 Å². The SMILES string of the molecule is N#Cc1cccc(NC(=O)C[NH+]2CCC[C@H]2c2nc3ccccc3s2)c1. The zero-order valence-electron chi connectivity index (χ0n) is 14.2. The number of thiazole rings is 1. The van der Waals surface area contributed by atoms with Gasteiger partial charge in [0.1, 0.15) is 6.04 Å². The fraction of sp³-hybridized carbons (Fsp3) is 0.250. The Morgan fingerprint density at radius 3 is 3.04 bits per heavy atom. The largest absolute Gasteiger partial charge is 0.321 e. The number of carbonyl (C=O) groups is 1. The van der Waals surface area contributed by atoms with E-state index in [9.17, 15) is 4.79 Å². The Hall–Kier alpha value is -2.75. The standard InChI is InChI=1S/C20H18N4OS/c21-12-14-5-3-6-15(11-14)22-19(25)13-24-10-4-8-17(24)20-23-16-7-1-2-9-18(16)26-20/h1-3,5-7,9,11,17H,4,8,10,13H2,(H,22,25)/p+1/t17-/m0/s1. The van der Waals surface area contributed by atoms with Gasteiger partial charge < -0.3 is 10.2 Å². The summed E-state index contributed by atoms with van der Waals surface area (Å²) in [6, 6.07) is 17.6. The number of amides is 1. The highest BCUT2D eigenvalue weighted by molar-refractivity contribution is 7.18. The third kappa shape index (κ3) is 3.45. The van der Waals surface area contributed by atoms with Crippen molar-refractivity contribution in [1.82, 2.24) is 4.98 Å². The van der Waals surface area contributed by atoms with Gasteiger partial charge in [0.15, 0.2) is 11.6 Å². The minimum atomic E-state index is -0.0249. The van der Waals surface area contributed by atoms with Gasteiger partial charge in [0.2, 0.25) is 0 Å². The predicted molar refractivity (Wildman–Crippen MR) is 102 cm³/mol. The average Bonchev–Trinajstić information content (AvgIpc) is 3.27. The lowest BCUT2D eigenvalue weighted by Gasteiger charge is -2.19. The summed E-state index contributed by atoms with van der Waals surface area (Å²) in [6.45, 7) is 1.39. The highest BCUT2D eigenvalue weighted by Crippen LogP contribution is 2.28. The van der Waals surface area contributed by atoms with Gasteiger partial charge in [-0.1, -0.05) is 18.2 Å². The molecule has 1 unspecified atom stereocenters. The first kappa shape index (κ1) is 16.7. The average molecular weight is 363 g/mol. The number of hydrogen-bond acceptors (Lipinski definition) is 4. The van der Waals surface area contributed by atoms with E-state index in [-0.39, 0.29) is 11.9 Å². The van der Waals surface area contributed by atoms with Crippen LogP contribution in [-0.4, -0.2) is 24.0 Å². The van der Waals surface area contributed by atoms with Crippen LogP contribution in [0.2, 0.25) is 0 Å². The molecule has 2 N–H and O–H groups in total. The van der Waals surface area contributed by atoms with Crippen LogP contribution in [0.5, 0.6) is 0 Å². The molecule has 1 aliphatic heterocycles. The normalized spacial score (nSPS) is 19.3. The number of nitrogens with one attached hydrogen (secondary N) is 2. The number of para-hydroxylation sites is 1. The lowest BCUT2D eigenvalue weighted by Crippen LogP contribution is -3.11. The molecular formula is C20H19N4OS+. The molecule has 6 heteroatoms. The number of hydrogen-bond donors (Lipinski definition) is 2. The minimum Gasteiger partial charge on any atom is -0.321 e. The van der Waals surface area contributed by atoms with Crippen molar-refractivity contribution in [2.45, 2.75) is 18.9 Å². The fourth-order valence-corrected chi connectivity index (χ4v) is 4.70. The molecule has 1 saturated heterocycles. The highest BCUT2D eigenvalue weighted by Gasteiger charge is 2.34. The van der Waals surface area contributed by atoms with Crippen LogP contribution in [0.1, 0.15) is 29.5 Å². The molecule has 0 bridgehead atoms. The Morgan fingerprint density at radius 1 is 1.31 bits per heavy atom. The molecule has 5 nitrogen and oxygen atoms in total. The van der Waals surface area contributed by atoms with Gasteiger partial charge in [0.05, 0.1) is 28.4 Å². The second-order valence-corrected chi connectivity index (χ2v) is 7.60. The van der Waals surface area contributed by atoms with Crippen LogP contribution in [0.4, 0.5) is 5.69 Å². The zero-order valence-corrected chi connectivity index (χ0v) is 15.1. The van der Waals surface area contributed by atoms with E-state index in [1.807, 2.05) is 24.3 Å². The molecule has 1 aliphatic rings. The summed E-state index contributed by atoms with van der Waals surface area (Å²) in [5.74, 6) is -0.0249. The van der Waals surface area contributed by atoms with E-state index >= 15 is 0 Å². The van der Waals surface area contributed by atoms with Crippen molar-refractivity contribution in [3.63, 3.8) is 0 Å². The maximum atomic E-state index is 12.5. The van der Waals surface area contributed by atoms with Gasteiger partial charge in [0, 0.05) is 18.5 Å². The van der Waals surface area contributed by atoms with Crippen molar-refractivity contribution in [1.29, 1.82) is 5.26 Å². The van der Waals surface area contributed by atoms with Crippen LogP contribution >= 0.6 is 11.3 Å². The molecule has 0 radical (unpaired) electrons. The van der Waals surface area contributed by atoms with Crippen molar-refractivity contribution in [2.75, 3.05) is 18.4 Å². The molecule has 130 valence electrons. The van der Waals surface area contributed by atoms with Crippen LogP contribution in [0, 0.1) is 11.3 Å². The van der Waals surface area contributed by atoms with E-state index in [4.69, 9.17) is 10.2 Å². The van der Waals surface area contributed by atoms with Gasteiger partial charge in [-0.3, -0.25) is 4.79 Å². The number of aromatic nitrogens is 1. The number of nitrogens with zero attached hydrogens (tertiary/aromatic N) is 2. The maximum absolute atomic E-state index is 12.5. The molecule has 0 spiro atoms. The third-order valence-electron chi connectivity index (χ3n) is 4.76. The molecule has 0 aliphatic carbocycles. The van der Waals surface area contributed by atoms with Crippen LogP contribution in [0.15, 0.2) is 48.5 Å². The summed E-state index contributed by atoms with van der Waals surface area (Å²) in [4.78, 5) is 18.5. The number of anilines is 1. The first-order valence-corrected chi connectivity index (χ1v) is 9.54. The first-order chi connectivity index (χ1) is 12.7. The fourth-order valence-electron chi connectivity index (χ4n) is 3.54. The van der Waals surface area contributed by atoms with Crippen molar-refractivity contribution >= 4 is 33.1 Å². The topological polar surface area (TPSA) is 70.2 Å². The number of nitriles is 1. The Morgan fingerprint density at radius 2 is 2.19 bits per heavy atom. The predicted octanol–water partition coefficient (Wildman–Crippen LogP) is 2.53. The Kier molecular flexibility index (Phi) is 4.65. The molecule has 2 aromatic carbocycles. The van der Waals surface area contributed by atoms with Crippen LogP contribution in [-0.2, 0) is 4.79 Å². The molecule has 2 heterocycles. The summed E-state index contributed by atoms with van der Waals surface area (Å²) in [7, 11) is 0. The molecule has 0 saturated carbocycles. The van der Waals surface area contributed by atoms with E-state index in [0.29, 0.717) is 17.8 Å². The van der Waals surface area contributed by atoms with E-state index in [0.717, 1.165) is 29.9 Å². The van der Waals surface area contributed by atoms with Gasteiger partial charge in [-0.2, -0.15) is 5.26 Å². The highest BCUT2D eigenvalue weighted by atomic mass is 32.1. The Balaban J connectivity index is 1.46. The van der Waals surface area contributed by atoms with Gasteiger partial charge in [-0.05, 0) is 30.3 Å². The van der Waals surface area contributed by atoms with Crippen LogP contribution < -0.4 is 10.2 Å². The number of fused-ring (bicyclic) bond motifs is 1. The Bertz CT molecular complexity index is 958. The molecule has 26 heavy (non-hydrogen) atoms. The Labute approximate surface area is 155 Å². The number of rotatable bonds is 4. The molecule has 3 aromatic rings. The summed E-state index contributed by atoms with van der Waals surface area (Å²) in [6.07, 6.45) is 2.17. The summed E-state index contributed by atoms with van der Waals surface area (Å²) >= 11 is 1.73. The van der Waals surface area contributed by atoms with E-state index in [1.54, 1.807) is 29.5 Å². The number of quaternary nitrogens is 1. The number of benzene rings is 2. The molecular weight excluding hydrogens is 344 g/mol. The molecule has 1 aromatic heterocycles. The van der Waals surface area contributed by atoms with Crippen molar-refractivity contribution in [3.05, 3.63) is 59.1 Å². The van der Waals surface area contributed by atoms with Gasteiger partial charge in [0.25, 0.3) is 5.91 Å². The van der Waals surface area contributed by atoms with E-state index in [2.05, 4.69) is 17.5 Å². The zero-order chi connectivity index (χ0) is 17.9. The number of likely N-dealkylation sites (tertiary alicyclic amines) is 1. The maximum Gasteiger partial charge on any atom is 0.279 e. The van der Waals surface area contributed by atoms with Gasteiger partial charge >= 0.3 is 0 Å². The van der Waals surface area contributed by atoms with Crippen molar-refractivity contribution in [3.8, 4) is 6.07 Å². The van der Waals surface area contributed by atoms with E-state index in [1.165, 1.54) is 9.60 Å². The van der Waals surface area contributed by atoms with E-state index < -0.39 is 0 Å². The molecule has 1 fully saturated rings. The number of carbonyl (C=O) groups excluding carboxylic acids is 1. The molecule has 4 rings (SSSR count). The molecule has 2 atom stereocenters. The second-order valence-electron chi connectivity index (χ2n) is 6.54. The third-order valence-corrected chi connectivity index (χ3v) is 5.91. The smallest absolute Gasteiger partial charge is 0.279 e. The van der Waals surface area contributed by atoms with Crippen molar-refractivity contribution in [2.24, 2.45) is 0 Å². The lowest BCUT2D eigenvalue weighted by atomic mass is 10.2. The molecule has 1 amide bonds.